The minimum Gasteiger partial charge on any atom is -0.464 e. The van der Waals surface area contributed by atoms with E-state index in [1.165, 1.54) is 13.0 Å². The monoisotopic (exact) mass is 340 g/mol. The molecule has 3 amide bonds. The van der Waals surface area contributed by atoms with Gasteiger partial charge in [-0.15, -0.1) is 0 Å². The number of ether oxygens (including phenoxy) is 1. The summed E-state index contributed by atoms with van der Waals surface area (Å²) in [7, 11) is 0. The van der Waals surface area contributed by atoms with E-state index in [9.17, 15) is 23.2 Å². The molecule has 0 aliphatic carbocycles. The third-order valence-electron chi connectivity index (χ3n) is 3.82. The highest BCUT2D eigenvalue weighted by Crippen LogP contribution is 2.29. The quantitative estimate of drug-likeness (QED) is 0.489. The molecule has 0 spiro atoms. The smallest absolute Gasteiger partial charge is 0.326 e. The first-order chi connectivity index (χ1) is 11.3. The number of esters is 1. The molecule has 1 heterocycles. The highest BCUT2D eigenvalue weighted by atomic mass is 19.2. The van der Waals surface area contributed by atoms with Crippen LogP contribution in [0, 0.1) is 11.6 Å². The molecule has 1 aliphatic rings. The van der Waals surface area contributed by atoms with Gasteiger partial charge in [0.2, 0.25) is 0 Å². The molecule has 1 fully saturated rings. The molecule has 1 aliphatic heterocycles. The zero-order valence-corrected chi connectivity index (χ0v) is 13.4. The molecular formula is C16H18F2N2O4. The van der Waals surface area contributed by atoms with Crippen LogP contribution >= 0.6 is 0 Å². The van der Waals surface area contributed by atoms with Gasteiger partial charge in [0.05, 0.1) is 6.61 Å². The van der Waals surface area contributed by atoms with E-state index < -0.39 is 41.6 Å². The Morgan fingerprint density at radius 1 is 1.29 bits per heavy atom. The maximum atomic E-state index is 13.4. The van der Waals surface area contributed by atoms with E-state index in [2.05, 4.69) is 5.32 Å². The summed E-state index contributed by atoms with van der Waals surface area (Å²) in [5, 5.41) is 2.41. The zero-order valence-electron chi connectivity index (χ0n) is 13.4. The van der Waals surface area contributed by atoms with Gasteiger partial charge in [0.1, 0.15) is 12.1 Å². The summed E-state index contributed by atoms with van der Waals surface area (Å²) in [6, 6.07) is 2.13. The molecule has 130 valence electrons. The molecule has 0 aromatic heterocycles. The molecule has 1 N–H and O–H groups in total. The molecule has 6 nitrogen and oxygen atoms in total. The van der Waals surface area contributed by atoms with Crippen LogP contribution in [0.3, 0.4) is 0 Å². The molecule has 0 saturated carbocycles. The largest absolute Gasteiger partial charge is 0.464 e. The molecule has 0 radical (unpaired) electrons. The summed E-state index contributed by atoms with van der Waals surface area (Å²) < 4.78 is 31.4. The van der Waals surface area contributed by atoms with Gasteiger partial charge in [-0.05, 0) is 31.0 Å². The topological polar surface area (TPSA) is 75.7 Å². The first-order valence-corrected chi connectivity index (χ1v) is 7.55. The summed E-state index contributed by atoms with van der Waals surface area (Å²) in [5.41, 5.74) is -1.49. The summed E-state index contributed by atoms with van der Waals surface area (Å²) in [6.07, 6.45) is 1.52. The highest BCUT2D eigenvalue weighted by molar-refractivity contribution is 6.08. The molecule has 1 saturated heterocycles. The van der Waals surface area contributed by atoms with Gasteiger partial charge < -0.3 is 10.1 Å². The molecule has 1 unspecified atom stereocenters. The fourth-order valence-corrected chi connectivity index (χ4v) is 2.35. The Bertz CT molecular complexity index is 680. The van der Waals surface area contributed by atoms with Crippen molar-refractivity contribution >= 4 is 17.9 Å². The maximum Gasteiger partial charge on any atom is 0.326 e. The van der Waals surface area contributed by atoms with Crippen LogP contribution in [0.15, 0.2) is 18.2 Å². The Hall–Kier alpha value is -2.51. The van der Waals surface area contributed by atoms with Gasteiger partial charge in [0, 0.05) is 0 Å². The van der Waals surface area contributed by atoms with E-state index in [1.807, 2.05) is 6.92 Å². The Morgan fingerprint density at radius 3 is 2.62 bits per heavy atom. The summed E-state index contributed by atoms with van der Waals surface area (Å²) >= 11 is 0. The lowest BCUT2D eigenvalue weighted by molar-refractivity contribution is -0.147. The van der Waals surface area contributed by atoms with Crippen molar-refractivity contribution in [3.8, 4) is 0 Å². The molecule has 8 heteroatoms. The fourth-order valence-electron chi connectivity index (χ4n) is 2.35. The van der Waals surface area contributed by atoms with Gasteiger partial charge in [-0.3, -0.25) is 14.5 Å². The van der Waals surface area contributed by atoms with Crippen LogP contribution in [0.5, 0.6) is 0 Å². The minimum absolute atomic E-state index is 0.0848. The van der Waals surface area contributed by atoms with Crippen LogP contribution in [0.4, 0.5) is 13.6 Å². The first-order valence-electron chi connectivity index (χ1n) is 7.55. The number of halogens is 2. The SMILES string of the molecule is CCCCOC(=O)CN1C(=O)NC(C)(c2ccc(F)c(F)c2)C1=O. The second-order valence-electron chi connectivity index (χ2n) is 5.65. The van der Waals surface area contributed by atoms with Crippen LogP contribution < -0.4 is 5.32 Å². The van der Waals surface area contributed by atoms with Gasteiger partial charge in [-0.2, -0.15) is 0 Å². The van der Waals surface area contributed by atoms with E-state index in [1.54, 1.807) is 0 Å². The number of hydrogen-bond donors (Lipinski definition) is 1. The van der Waals surface area contributed by atoms with Gasteiger partial charge in [-0.25, -0.2) is 13.6 Å². The van der Waals surface area contributed by atoms with Gasteiger partial charge in [-0.1, -0.05) is 19.4 Å². The number of imide groups is 1. The molecule has 0 bridgehead atoms. The van der Waals surface area contributed by atoms with Crippen LogP contribution in [0.25, 0.3) is 0 Å². The van der Waals surface area contributed by atoms with Gasteiger partial charge in [0.15, 0.2) is 11.6 Å². The van der Waals surface area contributed by atoms with E-state index in [4.69, 9.17) is 4.74 Å². The van der Waals surface area contributed by atoms with Crippen LogP contribution in [-0.2, 0) is 19.9 Å². The number of nitrogens with zero attached hydrogens (tertiary/aromatic N) is 1. The molecule has 1 aromatic rings. The van der Waals surface area contributed by atoms with Crippen molar-refractivity contribution in [3.05, 3.63) is 35.4 Å². The minimum atomic E-state index is -1.57. The number of benzene rings is 1. The standard InChI is InChI=1S/C16H18F2N2O4/c1-3-4-7-24-13(21)9-20-14(22)16(2,19-15(20)23)10-5-6-11(17)12(18)8-10/h5-6,8H,3-4,7,9H2,1-2H3,(H,19,23). The number of nitrogens with one attached hydrogen (secondary N) is 1. The first kappa shape index (κ1) is 17.8. The maximum absolute atomic E-state index is 13.4. The second kappa shape index (κ2) is 6.94. The van der Waals surface area contributed by atoms with Crippen molar-refractivity contribution in [2.45, 2.75) is 32.2 Å². The van der Waals surface area contributed by atoms with Crippen molar-refractivity contribution in [2.75, 3.05) is 13.2 Å². The van der Waals surface area contributed by atoms with Crippen LogP contribution in [0.1, 0.15) is 32.3 Å². The highest BCUT2D eigenvalue weighted by Gasteiger charge is 2.49. The zero-order chi connectivity index (χ0) is 17.9. The average molecular weight is 340 g/mol. The third kappa shape index (κ3) is 3.37. The number of carbonyl (C=O) groups is 3. The summed E-state index contributed by atoms with van der Waals surface area (Å²) in [4.78, 5) is 36.9. The van der Waals surface area contributed by atoms with Crippen molar-refractivity contribution in [3.63, 3.8) is 0 Å². The molecule has 1 atom stereocenters. The van der Waals surface area contributed by atoms with E-state index >= 15 is 0 Å². The normalized spacial score (nSPS) is 20.2. The number of amides is 3. The molecule has 2 rings (SSSR count). The number of urea groups is 1. The van der Waals surface area contributed by atoms with Crippen LogP contribution in [0.2, 0.25) is 0 Å². The predicted molar refractivity (Wildman–Crippen MR) is 79.8 cm³/mol. The Balaban J connectivity index is 2.15. The lowest BCUT2D eigenvalue weighted by Gasteiger charge is -2.22. The second-order valence-corrected chi connectivity index (χ2v) is 5.65. The van der Waals surface area contributed by atoms with Crippen molar-refractivity contribution in [1.82, 2.24) is 10.2 Å². The summed E-state index contributed by atoms with van der Waals surface area (Å²) in [5.74, 6) is -3.63. The van der Waals surface area contributed by atoms with E-state index in [0.717, 1.165) is 18.6 Å². The van der Waals surface area contributed by atoms with Crippen molar-refractivity contribution < 1.29 is 27.9 Å². The van der Waals surface area contributed by atoms with Gasteiger partial charge >= 0.3 is 12.0 Å². The molecule has 1 aromatic carbocycles. The van der Waals surface area contributed by atoms with Gasteiger partial charge in [0.25, 0.3) is 5.91 Å². The van der Waals surface area contributed by atoms with E-state index in [0.29, 0.717) is 11.3 Å². The Labute approximate surface area is 137 Å². The average Bonchev–Trinajstić information content (AvgIpc) is 2.74. The summed E-state index contributed by atoms with van der Waals surface area (Å²) in [6.45, 7) is 2.97. The number of unbranched alkanes of at least 4 members (excludes halogenated alkanes) is 1. The lowest BCUT2D eigenvalue weighted by Crippen LogP contribution is -2.41. The fraction of sp³-hybridized carbons (Fsp3) is 0.438. The Morgan fingerprint density at radius 2 is 2.00 bits per heavy atom. The number of rotatable bonds is 6. The molecular weight excluding hydrogens is 322 g/mol. The van der Waals surface area contributed by atoms with Crippen LogP contribution in [-0.4, -0.2) is 36.0 Å². The molecule has 24 heavy (non-hydrogen) atoms. The number of carbonyl (C=O) groups excluding carboxylic acids is 3. The predicted octanol–water partition coefficient (Wildman–Crippen LogP) is 2.08. The lowest BCUT2D eigenvalue weighted by atomic mass is 9.92. The third-order valence-corrected chi connectivity index (χ3v) is 3.82. The van der Waals surface area contributed by atoms with E-state index in [-0.39, 0.29) is 12.2 Å². The Kier molecular flexibility index (Phi) is 5.16. The van der Waals surface area contributed by atoms with Crippen molar-refractivity contribution in [2.24, 2.45) is 0 Å². The van der Waals surface area contributed by atoms with Crippen molar-refractivity contribution in [1.29, 1.82) is 0 Å². The number of hydrogen-bond acceptors (Lipinski definition) is 4.